The van der Waals surface area contributed by atoms with Crippen molar-refractivity contribution in [2.24, 2.45) is 0 Å². The second-order valence-corrected chi connectivity index (χ2v) is 7.93. The first-order chi connectivity index (χ1) is 10.7. The highest BCUT2D eigenvalue weighted by atomic mass is 32.2. The molecule has 1 aromatic carbocycles. The molecule has 1 aliphatic rings. The Labute approximate surface area is 140 Å². The molecule has 1 saturated heterocycles. The number of amides is 1. The fourth-order valence-electron chi connectivity index (χ4n) is 2.16. The topological polar surface area (TPSA) is 47.6 Å². The van der Waals surface area contributed by atoms with E-state index in [1.807, 2.05) is 42.6 Å². The van der Waals surface area contributed by atoms with Crippen molar-refractivity contribution in [3.63, 3.8) is 0 Å². The molecule has 1 aromatic rings. The Balaban J connectivity index is 1.77. The van der Waals surface area contributed by atoms with Crippen LogP contribution in [0.5, 0.6) is 5.75 Å². The molecule has 1 atom stereocenters. The summed E-state index contributed by atoms with van der Waals surface area (Å²) in [6.45, 7) is 2.42. The molecular weight excluding hydrogens is 318 g/mol. The number of ether oxygens (including phenoxy) is 2. The summed E-state index contributed by atoms with van der Waals surface area (Å²) in [7, 11) is 1.61. The molecule has 0 radical (unpaired) electrons. The summed E-state index contributed by atoms with van der Waals surface area (Å²) in [5.74, 6) is 3.06. The predicted molar refractivity (Wildman–Crippen MR) is 93.7 cm³/mol. The molecule has 4 nitrogen and oxygen atoms in total. The maximum absolute atomic E-state index is 11.7. The molecule has 1 aliphatic heterocycles. The molecule has 1 unspecified atom stereocenters. The number of carbonyl (C=O) groups is 1. The van der Waals surface area contributed by atoms with E-state index in [4.69, 9.17) is 9.47 Å². The van der Waals surface area contributed by atoms with Gasteiger partial charge in [0.1, 0.15) is 5.75 Å². The van der Waals surface area contributed by atoms with Crippen LogP contribution in [0.2, 0.25) is 0 Å². The summed E-state index contributed by atoms with van der Waals surface area (Å²) < 4.78 is 11.0. The number of hydrogen-bond donors (Lipinski definition) is 1. The Kier molecular flexibility index (Phi) is 7.42. The molecule has 1 fully saturated rings. The van der Waals surface area contributed by atoms with Crippen LogP contribution in [0.1, 0.15) is 23.5 Å². The lowest BCUT2D eigenvalue weighted by Gasteiger charge is -2.21. The number of hydrogen-bond acceptors (Lipinski definition) is 5. The van der Waals surface area contributed by atoms with E-state index in [2.05, 4.69) is 17.4 Å². The Hall–Kier alpha value is -0.850. The van der Waals surface area contributed by atoms with Gasteiger partial charge in [0.25, 0.3) is 5.91 Å². The molecule has 0 aromatic heterocycles. The molecule has 122 valence electrons. The summed E-state index contributed by atoms with van der Waals surface area (Å²) in [5, 5.41) is 2.82. The zero-order valence-corrected chi connectivity index (χ0v) is 14.7. The molecule has 6 heteroatoms. The lowest BCUT2D eigenvalue weighted by Crippen LogP contribution is -2.38. The maximum Gasteiger partial charge on any atom is 0.258 e. The average molecular weight is 341 g/mol. The first-order valence-electron chi connectivity index (χ1n) is 7.43. The largest absolute Gasteiger partial charge is 0.484 e. The Morgan fingerprint density at radius 2 is 2.00 bits per heavy atom. The highest BCUT2D eigenvalue weighted by Gasteiger charge is 2.16. The van der Waals surface area contributed by atoms with Gasteiger partial charge in [0.05, 0.1) is 11.2 Å². The number of carbonyl (C=O) groups excluding carboxylic acids is 1. The van der Waals surface area contributed by atoms with Crippen molar-refractivity contribution in [1.82, 2.24) is 5.32 Å². The first-order valence-corrected chi connectivity index (χ1v) is 9.53. The van der Waals surface area contributed by atoms with E-state index in [1.165, 1.54) is 23.5 Å². The Bertz CT molecular complexity index is 461. The minimum absolute atomic E-state index is 0.0103. The second kappa shape index (κ2) is 9.33. The molecule has 1 amide bonds. The van der Waals surface area contributed by atoms with Crippen LogP contribution in [-0.2, 0) is 9.53 Å². The third-order valence-corrected chi connectivity index (χ3v) is 6.19. The van der Waals surface area contributed by atoms with Gasteiger partial charge in [-0.1, -0.05) is 12.1 Å². The molecule has 1 heterocycles. The number of thioether (sulfide) groups is 2. The van der Waals surface area contributed by atoms with Crippen LogP contribution in [0.15, 0.2) is 24.3 Å². The van der Waals surface area contributed by atoms with Crippen LogP contribution < -0.4 is 10.1 Å². The zero-order chi connectivity index (χ0) is 15.8. The number of rotatable bonds is 7. The van der Waals surface area contributed by atoms with Crippen LogP contribution in [0.25, 0.3) is 0 Å². The lowest BCUT2D eigenvalue weighted by molar-refractivity contribution is -0.124. The van der Waals surface area contributed by atoms with Crippen molar-refractivity contribution in [2.45, 2.75) is 24.0 Å². The highest BCUT2D eigenvalue weighted by molar-refractivity contribution is 8.16. The lowest BCUT2D eigenvalue weighted by atomic mass is 10.2. The van der Waals surface area contributed by atoms with Gasteiger partial charge in [-0.05, 0) is 42.5 Å². The third-order valence-electron chi connectivity index (χ3n) is 3.17. The summed E-state index contributed by atoms with van der Waals surface area (Å²) in [5.41, 5.74) is 1.32. The van der Waals surface area contributed by atoms with Crippen molar-refractivity contribution in [3.8, 4) is 5.75 Å². The molecule has 0 spiro atoms. The summed E-state index contributed by atoms with van der Waals surface area (Å²) in [4.78, 5) is 11.7. The summed E-state index contributed by atoms with van der Waals surface area (Å²) in [6, 6.07) is 8.06. The van der Waals surface area contributed by atoms with Gasteiger partial charge in [-0.3, -0.25) is 4.79 Å². The van der Waals surface area contributed by atoms with E-state index >= 15 is 0 Å². The fraction of sp³-hybridized carbons (Fsp3) is 0.562. The molecule has 0 bridgehead atoms. The monoisotopic (exact) mass is 341 g/mol. The van der Waals surface area contributed by atoms with Gasteiger partial charge >= 0.3 is 0 Å². The molecule has 0 saturated carbocycles. The number of nitrogens with one attached hydrogen (secondary N) is 1. The minimum Gasteiger partial charge on any atom is -0.484 e. The van der Waals surface area contributed by atoms with Crippen LogP contribution in [0.4, 0.5) is 0 Å². The quantitative estimate of drug-likeness (QED) is 0.826. The van der Waals surface area contributed by atoms with Crippen molar-refractivity contribution in [1.29, 1.82) is 0 Å². The minimum atomic E-state index is -0.132. The van der Waals surface area contributed by atoms with Gasteiger partial charge in [0.15, 0.2) is 6.61 Å². The van der Waals surface area contributed by atoms with Crippen LogP contribution >= 0.6 is 23.5 Å². The first kappa shape index (κ1) is 17.5. The predicted octanol–water partition coefficient (Wildman–Crippen LogP) is 3.09. The van der Waals surface area contributed by atoms with Gasteiger partial charge in [-0.2, -0.15) is 0 Å². The van der Waals surface area contributed by atoms with Crippen molar-refractivity contribution >= 4 is 29.4 Å². The van der Waals surface area contributed by atoms with E-state index < -0.39 is 0 Å². The third kappa shape index (κ3) is 5.74. The average Bonchev–Trinajstić information content (AvgIpc) is 2.54. The van der Waals surface area contributed by atoms with E-state index in [1.54, 1.807) is 7.11 Å². The maximum atomic E-state index is 11.7. The van der Waals surface area contributed by atoms with Gasteiger partial charge < -0.3 is 14.8 Å². The number of benzene rings is 1. The van der Waals surface area contributed by atoms with Gasteiger partial charge in [0, 0.05) is 13.2 Å². The van der Waals surface area contributed by atoms with Crippen LogP contribution in [0, 0.1) is 0 Å². The van der Waals surface area contributed by atoms with E-state index in [-0.39, 0.29) is 18.6 Å². The Morgan fingerprint density at radius 1 is 1.32 bits per heavy atom. The Morgan fingerprint density at radius 3 is 2.64 bits per heavy atom. The van der Waals surface area contributed by atoms with Crippen LogP contribution in [-0.4, -0.2) is 43.8 Å². The fourth-order valence-corrected chi connectivity index (χ4v) is 5.05. The van der Waals surface area contributed by atoms with Gasteiger partial charge in [0.2, 0.25) is 0 Å². The van der Waals surface area contributed by atoms with E-state index in [9.17, 15) is 4.79 Å². The summed E-state index contributed by atoms with van der Waals surface area (Å²) >= 11 is 4.00. The molecule has 22 heavy (non-hydrogen) atoms. The molecule has 1 N–H and O–H groups in total. The van der Waals surface area contributed by atoms with Gasteiger partial charge in [-0.25, -0.2) is 0 Å². The smallest absolute Gasteiger partial charge is 0.258 e. The highest BCUT2D eigenvalue weighted by Crippen LogP contribution is 2.43. The molecule has 0 aliphatic carbocycles. The molecule has 2 rings (SSSR count). The summed E-state index contributed by atoms with van der Waals surface area (Å²) in [6.07, 6.45) is 1.30. The standard InChI is InChI=1S/C16H23NO3S2/c1-12(10-19-2)17-15(18)11-20-14-6-4-13(5-7-14)16-21-8-3-9-22-16/h4-7,12,16H,3,8-11H2,1-2H3,(H,17,18). The van der Waals surface area contributed by atoms with Crippen molar-refractivity contribution in [2.75, 3.05) is 31.8 Å². The van der Waals surface area contributed by atoms with Crippen molar-refractivity contribution in [3.05, 3.63) is 29.8 Å². The second-order valence-electron chi connectivity index (χ2n) is 5.21. The van der Waals surface area contributed by atoms with E-state index in [0.29, 0.717) is 11.2 Å². The van der Waals surface area contributed by atoms with E-state index in [0.717, 1.165) is 5.75 Å². The SMILES string of the molecule is COCC(C)NC(=O)COc1ccc(C2SCCCS2)cc1. The number of methoxy groups -OCH3 is 1. The van der Waals surface area contributed by atoms with Gasteiger partial charge in [-0.15, -0.1) is 23.5 Å². The molecular formula is C16H23NO3S2. The van der Waals surface area contributed by atoms with Crippen LogP contribution in [0.3, 0.4) is 0 Å². The zero-order valence-electron chi connectivity index (χ0n) is 13.0. The van der Waals surface area contributed by atoms with Crippen molar-refractivity contribution < 1.29 is 14.3 Å². The normalized spacial score (nSPS) is 17.0.